The van der Waals surface area contributed by atoms with Crippen LogP contribution in [0.25, 0.3) is 27.5 Å². The summed E-state index contributed by atoms with van der Waals surface area (Å²) in [6, 6.07) is 35.3. The van der Waals surface area contributed by atoms with Crippen LogP contribution in [0.2, 0.25) is 0 Å². The highest BCUT2D eigenvalue weighted by Gasteiger charge is 2.42. The molecule has 0 bridgehead atoms. The summed E-state index contributed by atoms with van der Waals surface area (Å²) in [7, 11) is 0. The predicted molar refractivity (Wildman–Crippen MR) is 290 cm³/mol. The molecule has 7 aliphatic carbocycles. The van der Waals surface area contributed by atoms with E-state index in [4.69, 9.17) is 0 Å². The van der Waals surface area contributed by atoms with Gasteiger partial charge in [0.25, 0.3) is 0 Å². The molecule has 0 radical (unpaired) electrons. The van der Waals surface area contributed by atoms with Crippen LogP contribution < -0.4 is 0 Å². The van der Waals surface area contributed by atoms with Crippen LogP contribution in [0.5, 0.6) is 0 Å². The second-order valence-corrected chi connectivity index (χ2v) is 20.1. The third kappa shape index (κ3) is 8.77. The van der Waals surface area contributed by atoms with Gasteiger partial charge < -0.3 is 0 Å². The molecule has 0 fully saturated rings. The van der Waals surface area contributed by atoms with Crippen LogP contribution in [0.15, 0.2) is 209 Å². The van der Waals surface area contributed by atoms with E-state index in [1.807, 2.05) is 24.3 Å². The molecule has 3 unspecified atom stereocenters. The molecule has 5 aromatic rings. The molecular weight excluding hydrogens is 805 g/mol. The fourth-order valence-corrected chi connectivity index (χ4v) is 12.2. The van der Waals surface area contributed by atoms with Gasteiger partial charge in [-0.2, -0.15) is 0 Å². The first-order valence-corrected chi connectivity index (χ1v) is 25.2. The third-order valence-corrected chi connectivity index (χ3v) is 15.6. The second-order valence-electron chi connectivity index (χ2n) is 20.1. The Kier molecular flexibility index (Phi) is 13.4. The van der Waals surface area contributed by atoms with E-state index in [2.05, 4.69) is 202 Å². The maximum absolute atomic E-state index is 3.95. The van der Waals surface area contributed by atoms with Crippen molar-refractivity contribution in [2.24, 2.45) is 17.8 Å². The molecule has 0 heteroatoms. The quantitative estimate of drug-likeness (QED) is 0.158. The van der Waals surface area contributed by atoms with Crippen molar-refractivity contribution in [1.29, 1.82) is 0 Å². The molecule has 0 nitrogen and oxygen atoms in total. The third-order valence-electron chi connectivity index (χ3n) is 15.6. The molecule has 7 aliphatic rings. The molecule has 0 aromatic heterocycles. The predicted octanol–water partition coefficient (Wildman–Crippen LogP) is 18.2. The molecule has 12 rings (SSSR count). The van der Waals surface area contributed by atoms with Crippen LogP contribution in [0.1, 0.15) is 111 Å². The van der Waals surface area contributed by atoms with E-state index in [-0.39, 0.29) is 5.41 Å². The second kappa shape index (κ2) is 19.5. The van der Waals surface area contributed by atoms with Crippen molar-refractivity contribution >= 4 is 16.3 Å². The van der Waals surface area contributed by atoms with E-state index < -0.39 is 0 Å². The highest BCUT2D eigenvalue weighted by molar-refractivity contribution is 6.05. The van der Waals surface area contributed by atoms with E-state index in [0.717, 1.165) is 11.8 Å². The lowest BCUT2D eigenvalue weighted by atomic mass is 9.75. The number of allylic oxidation sites excluding steroid dienone is 19. The van der Waals surface area contributed by atoms with Crippen LogP contribution in [-0.4, -0.2) is 0 Å². The molecule has 0 saturated heterocycles. The number of hydrogen-bond acceptors (Lipinski definition) is 0. The summed E-state index contributed by atoms with van der Waals surface area (Å²) in [5.74, 6) is 2.22. The molecule has 0 heterocycles. The van der Waals surface area contributed by atoms with Gasteiger partial charge in [-0.3, -0.25) is 0 Å². The molecule has 5 aromatic carbocycles. The Morgan fingerprint density at radius 1 is 0.716 bits per heavy atom. The summed E-state index contributed by atoms with van der Waals surface area (Å²) >= 11 is 0. The Morgan fingerprint density at radius 3 is 2.13 bits per heavy atom. The Morgan fingerprint density at radius 2 is 1.43 bits per heavy atom. The normalized spacial score (nSPS) is 20.9. The monoisotopic (exact) mass is 875 g/mol. The number of aryl methyl sites for hydroxylation is 4. The zero-order chi connectivity index (χ0) is 46.8. The summed E-state index contributed by atoms with van der Waals surface area (Å²) in [5, 5.41) is 2.74. The zero-order valence-electron chi connectivity index (χ0n) is 41.5. The van der Waals surface area contributed by atoms with Crippen molar-refractivity contribution < 1.29 is 0 Å². The molecule has 1 spiro atoms. The lowest BCUT2D eigenvalue weighted by Crippen LogP contribution is -2.17. The first kappa shape index (κ1) is 45.9. The van der Waals surface area contributed by atoms with E-state index in [0.29, 0.717) is 5.92 Å². The van der Waals surface area contributed by atoms with E-state index in [9.17, 15) is 0 Å². The first-order valence-electron chi connectivity index (χ1n) is 25.2. The maximum atomic E-state index is 3.95. The van der Waals surface area contributed by atoms with Crippen LogP contribution in [-0.2, 0) is 11.8 Å². The van der Waals surface area contributed by atoms with Gasteiger partial charge in [0.2, 0.25) is 0 Å². The number of rotatable bonds is 3. The molecule has 338 valence electrons. The first-order chi connectivity index (χ1) is 32.5. The van der Waals surface area contributed by atoms with Gasteiger partial charge >= 0.3 is 0 Å². The van der Waals surface area contributed by atoms with Gasteiger partial charge in [0, 0.05) is 0 Å². The summed E-state index contributed by atoms with van der Waals surface area (Å²) in [5.41, 5.74) is 26.2. The van der Waals surface area contributed by atoms with Gasteiger partial charge in [-0.1, -0.05) is 218 Å². The minimum atomic E-state index is -0.0779. The fourth-order valence-electron chi connectivity index (χ4n) is 12.2. The van der Waals surface area contributed by atoms with E-state index in [1.54, 1.807) is 22.3 Å². The van der Waals surface area contributed by atoms with Crippen LogP contribution in [0.3, 0.4) is 0 Å². The van der Waals surface area contributed by atoms with Crippen molar-refractivity contribution in [1.82, 2.24) is 0 Å². The molecule has 67 heavy (non-hydrogen) atoms. The van der Waals surface area contributed by atoms with Crippen molar-refractivity contribution in [2.45, 2.75) is 106 Å². The van der Waals surface area contributed by atoms with Crippen molar-refractivity contribution in [3.8, 4) is 11.1 Å². The van der Waals surface area contributed by atoms with Gasteiger partial charge in [-0.05, 0) is 182 Å². The van der Waals surface area contributed by atoms with Gasteiger partial charge in [-0.15, -0.1) is 0 Å². The summed E-state index contributed by atoms with van der Waals surface area (Å²) in [6.45, 7) is 21.7. The zero-order valence-corrected chi connectivity index (χ0v) is 41.5. The standard InChI is InChI=1S/C23H18.C21H26.C16H18.C7H8/c1-15-9-10-19-20(13-15)23(11-5-6-12-23)21-14-16(2)17-7-3-4-8-18(17)22(19)21;1-5-15(6-2)16-9-11-19-17(7-3)18-10-8-14(4)12-20(18)21(19)13-16;1-11-7-8-15-13(9-11)10-12(2)14-5-3-4-6-16(14)15;1-7-5-3-2-4-6-7/h3-14H,1-2H3;5-6,9,12-13,17,19H,1,7-8,10-11H2,2-4H3;4,6-9,12H,3,5,10H2,1-2H3;2-6H,1H3/b;15-6+;;. The smallest absolute Gasteiger partial charge is 0.0581 e. The molecule has 0 amide bonds. The average molecular weight is 875 g/mol. The van der Waals surface area contributed by atoms with E-state index in [1.165, 1.54) is 134 Å². The lowest BCUT2D eigenvalue weighted by Gasteiger charge is -2.29. The summed E-state index contributed by atoms with van der Waals surface area (Å²) in [6.07, 6.45) is 33.9. The molecule has 0 saturated carbocycles. The fraction of sp³-hybridized carbons (Fsp3) is 0.284. The Balaban J connectivity index is 0.000000119. The van der Waals surface area contributed by atoms with Gasteiger partial charge in [-0.25, -0.2) is 0 Å². The minimum Gasteiger partial charge on any atom is -0.0985 e. The Bertz CT molecular complexity index is 3010. The molecular formula is C67H70. The minimum absolute atomic E-state index is 0.0779. The SMILES string of the molecule is C=C/C(=C\C)C1=CCC2C(=C1)C1=C(CCC(C)=C1)C2CC.Cc1ccc2c(c1)C1(C=CC=C1)c1cc(C)c3ccccc3c1-2.Cc1ccc2c(c1)CC(C)C1=C2C=CCC1.Cc1ccccc1. The van der Waals surface area contributed by atoms with Crippen LogP contribution in [0, 0.1) is 45.4 Å². The number of benzene rings is 5. The van der Waals surface area contributed by atoms with E-state index >= 15 is 0 Å². The largest absolute Gasteiger partial charge is 0.0985 e. The maximum Gasteiger partial charge on any atom is 0.0581 e. The average Bonchev–Trinajstić information content (AvgIpc) is 4.03. The summed E-state index contributed by atoms with van der Waals surface area (Å²) < 4.78 is 0. The lowest BCUT2D eigenvalue weighted by molar-refractivity contribution is 0.438. The van der Waals surface area contributed by atoms with Crippen molar-refractivity contribution in [3.63, 3.8) is 0 Å². The van der Waals surface area contributed by atoms with Crippen LogP contribution >= 0.6 is 0 Å². The Labute approximate surface area is 403 Å². The topological polar surface area (TPSA) is 0 Å². The van der Waals surface area contributed by atoms with Crippen molar-refractivity contribution in [2.75, 3.05) is 0 Å². The van der Waals surface area contributed by atoms with Crippen molar-refractivity contribution in [3.05, 3.63) is 254 Å². The summed E-state index contributed by atoms with van der Waals surface area (Å²) in [4.78, 5) is 0. The Hall–Kier alpha value is -6.24. The van der Waals surface area contributed by atoms with Crippen LogP contribution in [0.4, 0.5) is 0 Å². The molecule has 0 aliphatic heterocycles. The molecule has 0 N–H and O–H groups in total. The number of fused-ring (bicyclic) bond motifs is 11. The highest BCUT2D eigenvalue weighted by Crippen LogP contribution is 2.55. The van der Waals surface area contributed by atoms with Gasteiger partial charge in [0.1, 0.15) is 0 Å². The van der Waals surface area contributed by atoms with Gasteiger partial charge in [0.05, 0.1) is 5.41 Å². The molecule has 3 atom stereocenters. The number of hydrogen-bond donors (Lipinski definition) is 0. The highest BCUT2D eigenvalue weighted by atomic mass is 14.4. The van der Waals surface area contributed by atoms with Gasteiger partial charge in [0.15, 0.2) is 0 Å².